The maximum Gasteiger partial charge on any atom is 0.306 e. The zero-order chi connectivity index (χ0) is 14.8. The molecule has 3 N–H and O–H groups in total. The molecule has 104 valence electrons. The van der Waals surface area contributed by atoms with E-state index < -0.39 is 11.9 Å². The van der Waals surface area contributed by atoms with Crippen LogP contribution in [-0.4, -0.2) is 31.2 Å². The van der Waals surface area contributed by atoms with Crippen LogP contribution in [-0.2, 0) is 14.3 Å². The molecule has 19 heavy (non-hydrogen) atoms. The van der Waals surface area contributed by atoms with Crippen molar-refractivity contribution in [1.29, 1.82) is 0 Å². The van der Waals surface area contributed by atoms with Crippen LogP contribution in [0, 0.1) is 0 Å². The lowest BCUT2D eigenvalue weighted by Gasteiger charge is -1.92. The van der Waals surface area contributed by atoms with Crippen LogP contribution >= 0.6 is 0 Å². The van der Waals surface area contributed by atoms with Crippen LogP contribution in [0.3, 0.4) is 0 Å². The second kappa shape index (κ2) is 8.82. The topological polar surface area (TPSA) is 107 Å². The number of hydrogen-bond donors (Lipinski definition) is 2. The summed E-state index contributed by atoms with van der Waals surface area (Å²) < 4.78 is 4.20. The van der Waals surface area contributed by atoms with Gasteiger partial charge in [0.05, 0.1) is 20.0 Å². The fourth-order valence-corrected chi connectivity index (χ4v) is 1.14. The van der Waals surface area contributed by atoms with Crippen molar-refractivity contribution in [2.45, 2.75) is 12.8 Å². The number of fused-ring (bicyclic) bond motifs is 1. The van der Waals surface area contributed by atoms with Gasteiger partial charge in [-0.1, -0.05) is 24.3 Å². The van der Waals surface area contributed by atoms with Gasteiger partial charge >= 0.3 is 11.9 Å². The van der Waals surface area contributed by atoms with E-state index in [2.05, 4.69) is 10.5 Å². The average Bonchev–Trinajstić information content (AvgIpc) is 3.10. The van der Waals surface area contributed by atoms with Gasteiger partial charge in [0.15, 0.2) is 5.43 Å². The highest BCUT2D eigenvalue weighted by Crippen LogP contribution is 2.11. The standard InChI is InChI=1S/C7H4O.C5H8O4.CH5N/c8-7-5-3-1-2-4-6(5)7;1-9-5(8)3-2-4(6)7;1-2/h1-4H;2-3H2,1H3,(H,6,7);2H2,1H3. The molecule has 0 heterocycles. The summed E-state index contributed by atoms with van der Waals surface area (Å²) in [4.78, 5) is 30.6. The molecule has 0 aromatic heterocycles. The van der Waals surface area contributed by atoms with Gasteiger partial charge in [0.1, 0.15) is 0 Å². The molecule has 0 amide bonds. The van der Waals surface area contributed by atoms with Gasteiger partial charge in [-0.15, -0.1) is 0 Å². The predicted octanol–water partition coefficient (Wildman–Crippen LogP) is 0.675. The molecule has 0 radical (unpaired) electrons. The van der Waals surface area contributed by atoms with Crippen LogP contribution in [0.15, 0.2) is 29.1 Å². The molecule has 0 fully saturated rings. The van der Waals surface area contributed by atoms with Gasteiger partial charge in [0, 0.05) is 10.8 Å². The first-order valence-electron chi connectivity index (χ1n) is 5.56. The molecule has 2 aromatic rings. The minimum atomic E-state index is -0.986. The Morgan fingerprint density at radius 2 is 1.63 bits per heavy atom. The highest BCUT2D eigenvalue weighted by molar-refractivity contribution is 5.97. The van der Waals surface area contributed by atoms with Gasteiger partial charge < -0.3 is 15.6 Å². The van der Waals surface area contributed by atoms with Crippen molar-refractivity contribution in [3.05, 3.63) is 34.5 Å². The predicted molar refractivity (Wildman–Crippen MR) is 71.6 cm³/mol. The molecular formula is C13H17NO5. The fraction of sp³-hybridized carbons (Fsp3) is 0.308. The minimum absolute atomic E-state index is 0.0498. The lowest BCUT2D eigenvalue weighted by molar-refractivity contribution is -0.145. The first-order valence-corrected chi connectivity index (χ1v) is 5.56. The van der Waals surface area contributed by atoms with Crippen LogP contribution in [0.2, 0.25) is 0 Å². The molecular weight excluding hydrogens is 250 g/mol. The monoisotopic (exact) mass is 267 g/mol. The Kier molecular flexibility index (Phi) is 7.79. The molecule has 6 nitrogen and oxygen atoms in total. The zero-order valence-corrected chi connectivity index (χ0v) is 10.9. The molecule has 2 aromatic carbocycles. The van der Waals surface area contributed by atoms with E-state index in [0.717, 1.165) is 10.8 Å². The zero-order valence-electron chi connectivity index (χ0n) is 10.9. The summed E-state index contributed by atoms with van der Waals surface area (Å²) in [6, 6.07) is 7.45. The number of carbonyl (C=O) groups is 2. The lowest BCUT2D eigenvalue weighted by atomic mass is 10.3. The van der Waals surface area contributed by atoms with Gasteiger partial charge in [-0.25, -0.2) is 0 Å². The van der Waals surface area contributed by atoms with E-state index in [1.165, 1.54) is 14.2 Å². The van der Waals surface area contributed by atoms with Crippen molar-refractivity contribution in [2.75, 3.05) is 14.2 Å². The van der Waals surface area contributed by atoms with Gasteiger partial charge in [-0.05, 0) is 7.05 Å². The third kappa shape index (κ3) is 6.32. The van der Waals surface area contributed by atoms with E-state index in [1.807, 2.05) is 24.3 Å². The summed E-state index contributed by atoms with van der Waals surface area (Å²) in [5.41, 5.74) is 4.72. The SMILES string of the molecule is CN.COC(=O)CCC(=O)O.O=c1c2ccccc12. The molecule has 0 saturated heterocycles. The number of carbonyl (C=O) groups excluding carboxylic acids is 1. The summed E-state index contributed by atoms with van der Waals surface area (Å²) >= 11 is 0. The van der Waals surface area contributed by atoms with Crippen LogP contribution < -0.4 is 11.2 Å². The lowest BCUT2D eigenvalue weighted by Crippen LogP contribution is -2.04. The van der Waals surface area contributed by atoms with Crippen LogP contribution in [0.5, 0.6) is 0 Å². The van der Waals surface area contributed by atoms with Crippen molar-refractivity contribution < 1.29 is 19.4 Å². The normalized spacial score (nSPS) is 9.00. The van der Waals surface area contributed by atoms with Gasteiger partial charge in [-0.2, -0.15) is 0 Å². The number of nitrogens with two attached hydrogens (primary N) is 1. The average molecular weight is 267 g/mol. The van der Waals surface area contributed by atoms with E-state index in [-0.39, 0.29) is 18.3 Å². The first kappa shape index (κ1) is 16.8. The minimum Gasteiger partial charge on any atom is -0.481 e. The summed E-state index contributed by atoms with van der Waals surface area (Å²) in [6.45, 7) is 0. The smallest absolute Gasteiger partial charge is 0.306 e. The third-order valence-electron chi connectivity index (χ3n) is 2.12. The van der Waals surface area contributed by atoms with Crippen molar-refractivity contribution in [1.82, 2.24) is 0 Å². The second-order valence-electron chi connectivity index (χ2n) is 3.34. The highest BCUT2D eigenvalue weighted by Gasteiger charge is 2.07. The number of aliphatic carboxylic acids is 1. The Morgan fingerprint density at radius 3 is 1.95 bits per heavy atom. The largest absolute Gasteiger partial charge is 0.481 e. The van der Waals surface area contributed by atoms with E-state index in [4.69, 9.17) is 5.11 Å². The van der Waals surface area contributed by atoms with E-state index in [1.54, 1.807) is 0 Å². The van der Waals surface area contributed by atoms with E-state index in [9.17, 15) is 14.4 Å². The van der Waals surface area contributed by atoms with Gasteiger partial charge in [0.25, 0.3) is 0 Å². The second-order valence-corrected chi connectivity index (χ2v) is 3.34. The molecule has 0 aliphatic carbocycles. The number of benzene rings is 1. The molecule has 0 spiro atoms. The molecule has 0 saturated carbocycles. The van der Waals surface area contributed by atoms with Crippen molar-refractivity contribution in [3.63, 3.8) is 0 Å². The Balaban J connectivity index is 0.000000302. The fourth-order valence-electron chi connectivity index (χ4n) is 1.14. The number of methoxy groups -OCH3 is 1. The molecule has 0 aliphatic rings. The van der Waals surface area contributed by atoms with Gasteiger partial charge in [0.2, 0.25) is 0 Å². The van der Waals surface area contributed by atoms with E-state index >= 15 is 0 Å². The summed E-state index contributed by atoms with van der Waals surface area (Å²) in [5.74, 6) is -1.47. The number of rotatable bonds is 3. The number of carboxylic acid groups (broad SMARTS) is 1. The Bertz CT molecular complexity index is 509. The van der Waals surface area contributed by atoms with Crippen molar-refractivity contribution in [2.24, 2.45) is 5.73 Å². The molecule has 0 unspecified atom stereocenters. The maximum absolute atomic E-state index is 10.5. The van der Waals surface area contributed by atoms with E-state index in [0.29, 0.717) is 0 Å². The molecule has 2 rings (SSSR count). The van der Waals surface area contributed by atoms with Crippen molar-refractivity contribution >= 4 is 22.7 Å². The Morgan fingerprint density at radius 1 is 1.16 bits per heavy atom. The third-order valence-corrected chi connectivity index (χ3v) is 2.12. The number of hydrogen-bond acceptors (Lipinski definition) is 5. The van der Waals surface area contributed by atoms with Crippen LogP contribution in [0.4, 0.5) is 0 Å². The Labute approximate surface area is 110 Å². The first-order chi connectivity index (χ1) is 9.06. The summed E-state index contributed by atoms with van der Waals surface area (Å²) in [6.07, 6.45) is -0.210. The van der Waals surface area contributed by atoms with Crippen LogP contribution in [0.25, 0.3) is 10.8 Å². The Hall–Kier alpha value is -2.21. The quantitative estimate of drug-likeness (QED) is 0.792. The molecule has 6 heteroatoms. The molecule has 0 bridgehead atoms. The van der Waals surface area contributed by atoms with Crippen LogP contribution in [0.1, 0.15) is 12.8 Å². The number of ether oxygens (including phenoxy) is 1. The summed E-state index contributed by atoms with van der Waals surface area (Å²) in [5, 5.41) is 9.84. The van der Waals surface area contributed by atoms with Gasteiger partial charge in [-0.3, -0.25) is 14.4 Å². The maximum atomic E-state index is 10.5. The highest BCUT2D eigenvalue weighted by atomic mass is 16.5. The summed E-state index contributed by atoms with van der Waals surface area (Å²) in [7, 11) is 2.73. The molecule has 0 aliphatic heterocycles. The van der Waals surface area contributed by atoms with Crippen molar-refractivity contribution in [3.8, 4) is 0 Å². The number of esters is 1. The number of carboxylic acids is 1. The molecule has 0 atom stereocenters.